The molecule has 5 rings (SSSR count). The van der Waals surface area contributed by atoms with E-state index >= 15 is 0 Å². The zero-order chi connectivity index (χ0) is 28.8. The van der Waals surface area contributed by atoms with Gasteiger partial charge in [-0.15, -0.1) is 5.10 Å². The number of nitrogens with one attached hydrogen (secondary N) is 2. The first-order valence-corrected chi connectivity index (χ1v) is 13.0. The molecule has 1 unspecified atom stereocenters. The van der Waals surface area contributed by atoms with Crippen LogP contribution in [0, 0.1) is 11.7 Å². The summed E-state index contributed by atoms with van der Waals surface area (Å²) in [4.78, 5) is 24.8. The van der Waals surface area contributed by atoms with Gasteiger partial charge in [-0.25, -0.2) is 19.3 Å². The lowest BCUT2D eigenvalue weighted by atomic mass is 9.99. The van der Waals surface area contributed by atoms with Crippen LogP contribution in [-0.4, -0.2) is 50.9 Å². The van der Waals surface area contributed by atoms with E-state index in [1.54, 1.807) is 18.2 Å². The average molecular weight is 571 g/mol. The second-order valence-corrected chi connectivity index (χ2v) is 9.54. The Morgan fingerprint density at radius 3 is 2.78 bits per heavy atom. The Balaban J connectivity index is 1.30. The van der Waals surface area contributed by atoms with E-state index in [1.165, 1.54) is 24.3 Å². The number of carbonyl (C=O) groups is 1. The molecule has 1 fully saturated rings. The molecule has 3 heterocycles. The van der Waals surface area contributed by atoms with E-state index in [0.29, 0.717) is 24.7 Å². The number of anilines is 1. The van der Waals surface area contributed by atoms with Crippen molar-refractivity contribution in [2.75, 3.05) is 25.1 Å². The van der Waals surface area contributed by atoms with Crippen molar-refractivity contribution in [1.82, 2.24) is 25.1 Å². The van der Waals surface area contributed by atoms with Crippen molar-refractivity contribution in [3.8, 4) is 17.0 Å². The molecule has 0 bridgehead atoms. The molecule has 1 amide bonds. The summed E-state index contributed by atoms with van der Waals surface area (Å²) in [6, 6.07) is 10.8. The molecule has 13 heteroatoms. The third-order valence-electron chi connectivity index (χ3n) is 6.58. The number of halogens is 4. The molecule has 0 radical (unpaired) electrons. The maximum Gasteiger partial charge on any atom is 0.417 e. The maximum atomic E-state index is 13.9. The molecule has 4 aromatic rings. The number of hydrogen-bond donors (Lipinski definition) is 2. The van der Waals surface area contributed by atoms with E-state index in [1.807, 2.05) is 0 Å². The normalized spacial score (nSPS) is 15.5. The highest BCUT2D eigenvalue weighted by molar-refractivity contribution is 6.01. The largest absolute Gasteiger partial charge is 0.494 e. The molecule has 9 nitrogen and oxygen atoms in total. The molecule has 1 atom stereocenters. The lowest BCUT2D eigenvalue weighted by molar-refractivity contribution is -0.137. The van der Waals surface area contributed by atoms with Crippen LogP contribution in [0.15, 0.2) is 54.9 Å². The highest BCUT2D eigenvalue weighted by atomic mass is 19.4. The third kappa shape index (κ3) is 7.23. The number of carbonyl (C=O) groups excluding carboxylic acids is 1. The van der Waals surface area contributed by atoms with E-state index in [9.17, 15) is 22.4 Å². The summed E-state index contributed by atoms with van der Waals surface area (Å²) in [5, 5.41) is 8.90. The summed E-state index contributed by atoms with van der Waals surface area (Å²) in [7, 11) is 0. The molecule has 0 saturated carbocycles. The number of aromatic nitrogens is 5. The second-order valence-electron chi connectivity index (χ2n) is 9.54. The molecule has 1 saturated heterocycles. The summed E-state index contributed by atoms with van der Waals surface area (Å²) in [6.45, 7) is 1.73. The molecule has 1 aliphatic rings. The zero-order valence-electron chi connectivity index (χ0n) is 21.7. The van der Waals surface area contributed by atoms with Crippen LogP contribution in [0.1, 0.15) is 46.8 Å². The van der Waals surface area contributed by atoms with Gasteiger partial charge in [0.1, 0.15) is 29.5 Å². The second kappa shape index (κ2) is 12.4. The van der Waals surface area contributed by atoms with Gasteiger partial charge >= 0.3 is 6.18 Å². The van der Waals surface area contributed by atoms with Crippen molar-refractivity contribution in [2.24, 2.45) is 5.92 Å². The van der Waals surface area contributed by atoms with Crippen molar-refractivity contribution in [1.29, 1.82) is 0 Å². The minimum Gasteiger partial charge on any atom is -0.494 e. The topological polar surface area (TPSA) is 115 Å². The van der Waals surface area contributed by atoms with Gasteiger partial charge in [-0.05, 0) is 55.0 Å². The first-order chi connectivity index (χ1) is 19.8. The number of rotatable bonds is 9. The predicted octanol–water partition coefficient (Wildman–Crippen LogP) is 5.46. The van der Waals surface area contributed by atoms with Crippen LogP contribution in [-0.2, 0) is 17.3 Å². The van der Waals surface area contributed by atoms with E-state index in [0.717, 1.165) is 38.3 Å². The van der Waals surface area contributed by atoms with Gasteiger partial charge in [0.15, 0.2) is 0 Å². The third-order valence-corrected chi connectivity index (χ3v) is 6.58. The van der Waals surface area contributed by atoms with Crippen molar-refractivity contribution in [3.05, 3.63) is 83.5 Å². The molecule has 0 spiro atoms. The number of hydrogen-bond acceptors (Lipinski definition) is 7. The quantitative estimate of drug-likeness (QED) is 0.257. The Bertz CT molecular complexity index is 1500. The molecule has 214 valence electrons. The number of ether oxygens (including phenoxy) is 2. The standard InChI is InChI=1S/C28H26F4N6O3/c29-22-6-2-1-5-18(22)12-25-35-26(38-37-25)27(39)36-24-14-23(33-16-34-24)20-13-19(7-8-21(20)28(30,31)32)41-11-9-17-4-3-10-40-15-17/h1-2,5-8,13-14,16-17H,3-4,9-12,15H2,(H,35,37,38)(H,33,34,36,39). The fourth-order valence-corrected chi connectivity index (χ4v) is 4.49. The highest BCUT2D eigenvalue weighted by Gasteiger charge is 2.34. The minimum atomic E-state index is -4.66. The summed E-state index contributed by atoms with van der Waals surface area (Å²) >= 11 is 0. The van der Waals surface area contributed by atoms with Crippen LogP contribution in [0.4, 0.5) is 23.4 Å². The van der Waals surface area contributed by atoms with Gasteiger partial charge in [-0.2, -0.15) is 13.2 Å². The fraction of sp³-hybridized carbons (Fsp3) is 0.321. The molecule has 0 aliphatic carbocycles. The van der Waals surface area contributed by atoms with Crippen LogP contribution in [0.3, 0.4) is 0 Å². The Kier molecular flexibility index (Phi) is 8.53. The molecule has 2 aromatic carbocycles. The summed E-state index contributed by atoms with van der Waals surface area (Å²) < 4.78 is 66.8. The monoisotopic (exact) mass is 570 g/mol. The number of alkyl halides is 3. The Morgan fingerprint density at radius 1 is 1.15 bits per heavy atom. The van der Waals surface area contributed by atoms with E-state index < -0.39 is 23.5 Å². The summed E-state index contributed by atoms with van der Waals surface area (Å²) in [5.74, 6) is -0.613. The van der Waals surface area contributed by atoms with Crippen molar-refractivity contribution in [2.45, 2.75) is 31.9 Å². The first kappa shape index (κ1) is 28.1. The zero-order valence-corrected chi connectivity index (χ0v) is 21.7. The molecular weight excluding hydrogens is 544 g/mol. The van der Waals surface area contributed by atoms with Gasteiger partial charge in [0, 0.05) is 31.3 Å². The van der Waals surface area contributed by atoms with Gasteiger partial charge in [0.05, 0.1) is 17.9 Å². The molecular formula is C28H26F4N6O3. The van der Waals surface area contributed by atoms with Gasteiger partial charge in [-0.1, -0.05) is 18.2 Å². The summed E-state index contributed by atoms with van der Waals surface area (Å²) in [5.41, 5.74) is -0.832. The fourth-order valence-electron chi connectivity index (χ4n) is 4.49. The first-order valence-electron chi connectivity index (χ1n) is 13.0. The minimum absolute atomic E-state index is 0.0581. The van der Waals surface area contributed by atoms with Crippen molar-refractivity contribution >= 4 is 11.7 Å². The van der Waals surface area contributed by atoms with Crippen LogP contribution in [0.2, 0.25) is 0 Å². The molecule has 41 heavy (non-hydrogen) atoms. The van der Waals surface area contributed by atoms with Crippen molar-refractivity contribution < 1.29 is 31.8 Å². The highest BCUT2D eigenvalue weighted by Crippen LogP contribution is 2.38. The SMILES string of the molecule is O=C(Nc1cc(-c2cc(OCCC3CCCOC3)ccc2C(F)(F)F)ncn1)c1n[nH]c(Cc2ccccc2F)n1. The Morgan fingerprint density at radius 2 is 2.00 bits per heavy atom. The predicted molar refractivity (Wildman–Crippen MR) is 140 cm³/mol. The van der Waals surface area contributed by atoms with E-state index in [4.69, 9.17) is 9.47 Å². The summed E-state index contributed by atoms with van der Waals surface area (Å²) in [6.07, 6.45) is -0.802. The number of H-pyrrole nitrogens is 1. The van der Waals surface area contributed by atoms with E-state index in [-0.39, 0.29) is 40.9 Å². The lowest BCUT2D eigenvalue weighted by Gasteiger charge is -2.22. The molecule has 2 N–H and O–H groups in total. The van der Waals surface area contributed by atoms with Gasteiger partial charge < -0.3 is 14.8 Å². The van der Waals surface area contributed by atoms with Gasteiger partial charge in [0.2, 0.25) is 5.82 Å². The number of nitrogens with zero attached hydrogens (tertiary/aromatic N) is 4. The van der Waals surface area contributed by atoms with E-state index in [2.05, 4.69) is 30.5 Å². The van der Waals surface area contributed by atoms with Crippen LogP contribution in [0.25, 0.3) is 11.3 Å². The molecule has 2 aromatic heterocycles. The average Bonchev–Trinajstić information content (AvgIpc) is 3.43. The Labute approximate surface area is 232 Å². The van der Waals surface area contributed by atoms with Gasteiger partial charge in [0.25, 0.3) is 5.91 Å². The van der Waals surface area contributed by atoms with Crippen LogP contribution < -0.4 is 10.1 Å². The Hall–Kier alpha value is -4.39. The van der Waals surface area contributed by atoms with Crippen molar-refractivity contribution in [3.63, 3.8) is 0 Å². The molecule has 1 aliphatic heterocycles. The van der Waals surface area contributed by atoms with Crippen LogP contribution in [0.5, 0.6) is 5.75 Å². The van der Waals surface area contributed by atoms with Gasteiger partial charge in [-0.3, -0.25) is 9.89 Å². The lowest BCUT2D eigenvalue weighted by Crippen LogP contribution is -2.19. The van der Waals surface area contributed by atoms with Crippen LogP contribution >= 0.6 is 0 Å². The maximum absolute atomic E-state index is 13.9. The number of amides is 1. The number of benzene rings is 2. The smallest absolute Gasteiger partial charge is 0.417 e. The number of aromatic amines is 1.